The van der Waals surface area contributed by atoms with Gasteiger partial charge in [0, 0.05) is 0 Å². The van der Waals surface area contributed by atoms with Gasteiger partial charge in [-0.2, -0.15) is 0 Å². The molecule has 2 aromatic rings. The van der Waals surface area contributed by atoms with Gasteiger partial charge in [0.1, 0.15) is 6.04 Å². The topological polar surface area (TPSA) is 102 Å². The van der Waals surface area contributed by atoms with Crippen molar-refractivity contribution in [1.82, 2.24) is 4.98 Å². The van der Waals surface area contributed by atoms with Crippen LogP contribution >= 0.6 is 11.3 Å². The molecule has 1 aromatic carbocycles. The molecule has 1 aromatic heterocycles. The molecule has 6 heteroatoms. The first-order chi connectivity index (χ1) is 7.08. The summed E-state index contributed by atoms with van der Waals surface area (Å²) in [5.41, 5.74) is 12.2. The number of rotatable bonds is 2. The Kier molecular flexibility index (Phi) is 2.29. The van der Waals surface area contributed by atoms with E-state index in [4.69, 9.17) is 16.6 Å². The predicted octanol–water partition coefficient (Wildman–Crippen LogP) is 0.963. The minimum atomic E-state index is -1.06. The van der Waals surface area contributed by atoms with Crippen LogP contribution in [-0.2, 0) is 4.79 Å². The molecule has 5 nitrogen and oxygen atoms in total. The van der Waals surface area contributed by atoms with E-state index in [1.165, 1.54) is 11.3 Å². The van der Waals surface area contributed by atoms with Crippen molar-refractivity contribution in [2.24, 2.45) is 5.73 Å². The summed E-state index contributed by atoms with van der Waals surface area (Å²) in [6.45, 7) is 0. The van der Waals surface area contributed by atoms with Crippen LogP contribution < -0.4 is 11.5 Å². The molecule has 5 N–H and O–H groups in total. The van der Waals surface area contributed by atoms with Crippen LogP contribution in [0.5, 0.6) is 0 Å². The van der Waals surface area contributed by atoms with Crippen molar-refractivity contribution >= 4 is 32.7 Å². The van der Waals surface area contributed by atoms with Crippen LogP contribution in [-0.4, -0.2) is 16.1 Å². The van der Waals surface area contributed by atoms with Gasteiger partial charge in [-0.1, -0.05) is 17.4 Å². The molecule has 1 atom stereocenters. The lowest BCUT2D eigenvalue weighted by molar-refractivity contribution is -0.138. The van der Waals surface area contributed by atoms with Crippen molar-refractivity contribution in [3.05, 3.63) is 23.8 Å². The Bertz CT molecular complexity index is 523. The molecule has 2 rings (SSSR count). The molecule has 0 radical (unpaired) electrons. The van der Waals surface area contributed by atoms with Crippen LogP contribution in [0.3, 0.4) is 0 Å². The molecular formula is C9H9N3O2S. The highest BCUT2D eigenvalue weighted by Gasteiger charge is 2.15. The zero-order valence-electron chi connectivity index (χ0n) is 7.68. The summed E-state index contributed by atoms with van der Waals surface area (Å²) < 4.78 is 0.925. The fourth-order valence-corrected chi connectivity index (χ4v) is 2.01. The SMILES string of the molecule is Nc1nc2cc(C(N)C(=O)O)ccc2s1. The molecule has 0 saturated carbocycles. The van der Waals surface area contributed by atoms with E-state index < -0.39 is 12.0 Å². The van der Waals surface area contributed by atoms with Crippen molar-refractivity contribution in [3.8, 4) is 0 Å². The third-order valence-corrected chi connectivity index (χ3v) is 2.92. The zero-order chi connectivity index (χ0) is 11.0. The summed E-state index contributed by atoms with van der Waals surface area (Å²) in [6, 6.07) is 4.10. The van der Waals surface area contributed by atoms with Crippen LogP contribution in [0, 0.1) is 0 Å². The van der Waals surface area contributed by atoms with Gasteiger partial charge in [-0.25, -0.2) is 4.98 Å². The Morgan fingerprint density at radius 2 is 2.27 bits per heavy atom. The van der Waals surface area contributed by atoms with E-state index >= 15 is 0 Å². The number of carboxylic acid groups (broad SMARTS) is 1. The highest BCUT2D eigenvalue weighted by molar-refractivity contribution is 7.22. The van der Waals surface area contributed by atoms with Gasteiger partial charge in [-0.15, -0.1) is 0 Å². The first-order valence-electron chi connectivity index (χ1n) is 4.22. The molecule has 0 aliphatic rings. The van der Waals surface area contributed by atoms with Crippen molar-refractivity contribution in [3.63, 3.8) is 0 Å². The Morgan fingerprint density at radius 3 is 2.93 bits per heavy atom. The fraction of sp³-hybridized carbons (Fsp3) is 0.111. The number of carboxylic acids is 1. The van der Waals surface area contributed by atoms with Crippen LogP contribution in [0.25, 0.3) is 10.2 Å². The Hall–Kier alpha value is -1.66. The largest absolute Gasteiger partial charge is 0.480 e. The summed E-state index contributed by atoms with van der Waals surface area (Å²) in [7, 11) is 0. The summed E-state index contributed by atoms with van der Waals surface area (Å²) in [5.74, 6) is -1.06. The quantitative estimate of drug-likeness (QED) is 0.703. The minimum Gasteiger partial charge on any atom is -0.480 e. The molecule has 0 aliphatic carbocycles. The number of carbonyl (C=O) groups is 1. The maximum Gasteiger partial charge on any atom is 0.325 e. The number of fused-ring (bicyclic) bond motifs is 1. The summed E-state index contributed by atoms with van der Waals surface area (Å²) >= 11 is 1.36. The van der Waals surface area contributed by atoms with E-state index in [9.17, 15) is 4.79 Å². The molecule has 78 valence electrons. The highest BCUT2D eigenvalue weighted by atomic mass is 32.1. The lowest BCUT2D eigenvalue weighted by atomic mass is 10.1. The van der Waals surface area contributed by atoms with Crippen molar-refractivity contribution < 1.29 is 9.90 Å². The monoisotopic (exact) mass is 223 g/mol. The standard InChI is InChI=1S/C9H9N3O2S/c10-7(8(13)14)4-1-2-6-5(3-4)12-9(11)15-6/h1-3,7H,10H2,(H2,11,12)(H,13,14). The molecule has 15 heavy (non-hydrogen) atoms. The zero-order valence-corrected chi connectivity index (χ0v) is 8.49. The fourth-order valence-electron chi connectivity index (χ4n) is 1.30. The molecule has 0 saturated heterocycles. The van der Waals surface area contributed by atoms with E-state index in [0.29, 0.717) is 16.2 Å². The van der Waals surface area contributed by atoms with Gasteiger partial charge in [0.05, 0.1) is 10.2 Å². The number of hydrogen-bond acceptors (Lipinski definition) is 5. The Morgan fingerprint density at radius 1 is 1.53 bits per heavy atom. The van der Waals surface area contributed by atoms with Crippen LogP contribution in [0.15, 0.2) is 18.2 Å². The third-order valence-electron chi connectivity index (χ3n) is 2.05. The first kappa shape index (κ1) is 9.88. The maximum absolute atomic E-state index is 10.7. The number of nitrogens with zero attached hydrogens (tertiary/aromatic N) is 1. The highest BCUT2D eigenvalue weighted by Crippen LogP contribution is 2.25. The number of aliphatic carboxylic acids is 1. The molecular weight excluding hydrogens is 214 g/mol. The van der Waals surface area contributed by atoms with Gasteiger partial charge in [0.25, 0.3) is 0 Å². The molecule has 1 heterocycles. The smallest absolute Gasteiger partial charge is 0.325 e. The third kappa shape index (κ3) is 1.77. The van der Waals surface area contributed by atoms with Gasteiger partial charge < -0.3 is 16.6 Å². The lowest BCUT2D eigenvalue weighted by Crippen LogP contribution is -2.20. The molecule has 0 spiro atoms. The van der Waals surface area contributed by atoms with E-state index in [1.54, 1.807) is 18.2 Å². The molecule has 0 amide bonds. The van der Waals surface area contributed by atoms with E-state index in [-0.39, 0.29) is 0 Å². The lowest BCUT2D eigenvalue weighted by Gasteiger charge is -2.05. The van der Waals surface area contributed by atoms with Crippen LogP contribution in [0.2, 0.25) is 0 Å². The average Bonchev–Trinajstić information content (AvgIpc) is 2.55. The van der Waals surface area contributed by atoms with Crippen molar-refractivity contribution in [2.45, 2.75) is 6.04 Å². The first-order valence-corrected chi connectivity index (χ1v) is 5.04. The Labute approximate surface area is 89.3 Å². The van der Waals surface area contributed by atoms with Gasteiger partial charge >= 0.3 is 5.97 Å². The predicted molar refractivity (Wildman–Crippen MR) is 58.6 cm³/mol. The second-order valence-electron chi connectivity index (χ2n) is 3.10. The summed E-state index contributed by atoms with van der Waals surface area (Å²) in [5, 5.41) is 9.21. The van der Waals surface area contributed by atoms with Gasteiger partial charge in [-0.05, 0) is 17.7 Å². The van der Waals surface area contributed by atoms with Crippen molar-refractivity contribution in [1.29, 1.82) is 0 Å². The molecule has 1 unspecified atom stereocenters. The number of hydrogen-bond donors (Lipinski definition) is 3. The van der Waals surface area contributed by atoms with Gasteiger partial charge in [-0.3, -0.25) is 4.79 Å². The van der Waals surface area contributed by atoms with Crippen LogP contribution in [0.1, 0.15) is 11.6 Å². The number of thiazole rings is 1. The van der Waals surface area contributed by atoms with E-state index in [0.717, 1.165) is 4.70 Å². The van der Waals surface area contributed by atoms with Crippen molar-refractivity contribution in [2.75, 3.05) is 5.73 Å². The second-order valence-corrected chi connectivity index (χ2v) is 4.16. The van der Waals surface area contributed by atoms with E-state index in [2.05, 4.69) is 4.98 Å². The number of benzene rings is 1. The molecule has 0 bridgehead atoms. The Balaban J connectivity index is 2.50. The van der Waals surface area contributed by atoms with Crippen LogP contribution in [0.4, 0.5) is 5.13 Å². The molecule has 0 fully saturated rings. The second kappa shape index (κ2) is 3.48. The number of aromatic nitrogens is 1. The van der Waals surface area contributed by atoms with E-state index in [1.807, 2.05) is 0 Å². The maximum atomic E-state index is 10.7. The normalized spacial score (nSPS) is 12.9. The van der Waals surface area contributed by atoms with Gasteiger partial charge in [0.2, 0.25) is 0 Å². The average molecular weight is 223 g/mol. The summed E-state index contributed by atoms with van der Waals surface area (Å²) in [4.78, 5) is 14.7. The molecule has 0 aliphatic heterocycles. The van der Waals surface area contributed by atoms with Gasteiger partial charge in [0.15, 0.2) is 5.13 Å². The number of nitrogens with two attached hydrogens (primary N) is 2. The number of nitrogen functional groups attached to an aromatic ring is 1. The summed E-state index contributed by atoms with van der Waals surface area (Å²) in [6.07, 6.45) is 0. The number of anilines is 1. The minimum absolute atomic E-state index is 0.464.